The van der Waals surface area contributed by atoms with Gasteiger partial charge in [0.25, 0.3) is 0 Å². The van der Waals surface area contributed by atoms with Crippen LogP contribution in [0, 0.1) is 0 Å². The van der Waals surface area contributed by atoms with Gasteiger partial charge in [-0.3, -0.25) is 4.90 Å². The first kappa shape index (κ1) is 20.5. The summed E-state index contributed by atoms with van der Waals surface area (Å²) in [6.07, 6.45) is 2.17. The van der Waals surface area contributed by atoms with Crippen LogP contribution >= 0.6 is 27.5 Å². The maximum absolute atomic E-state index is 6.24. The Bertz CT molecular complexity index is 750. The van der Waals surface area contributed by atoms with Gasteiger partial charge in [0.15, 0.2) is 0 Å². The predicted molar refractivity (Wildman–Crippen MR) is 112 cm³/mol. The molecule has 0 aromatic heterocycles. The summed E-state index contributed by atoms with van der Waals surface area (Å²) >= 11 is 9.65. The first-order chi connectivity index (χ1) is 13.2. The van der Waals surface area contributed by atoms with Crippen LogP contribution in [0.3, 0.4) is 0 Å². The molecule has 3 rings (SSSR count). The molecule has 4 nitrogen and oxygen atoms in total. The smallest absolute Gasteiger partial charge is 0.138 e. The molecule has 1 saturated heterocycles. The van der Waals surface area contributed by atoms with Gasteiger partial charge >= 0.3 is 0 Å². The zero-order chi connectivity index (χ0) is 19.1. The fourth-order valence-corrected chi connectivity index (χ4v) is 3.91. The minimum Gasteiger partial charge on any atom is -0.496 e. The Hall–Kier alpha value is -1.27. The van der Waals surface area contributed by atoms with E-state index in [0.29, 0.717) is 17.4 Å². The second-order valence-electron chi connectivity index (χ2n) is 6.57. The Labute approximate surface area is 174 Å². The van der Waals surface area contributed by atoms with Gasteiger partial charge in [-0.1, -0.05) is 33.6 Å². The van der Waals surface area contributed by atoms with Gasteiger partial charge in [-0.15, -0.1) is 0 Å². The number of hydrogen-bond donors (Lipinski definition) is 0. The number of morpholine rings is 1. The molecule has 0 spiro atoms. The molecule has 2 aromatic rings. The van der Waals surface area contributed by atoms with Crippen molar-refractivity contribution in [2.24, 2.45) is 0 Å². The van der Waals surface area contributed by atoms with E-state index in [9.17, 15) is 0 Å². The SMILES string of the molecule is COc1ccc(CCCN2CCOCC2)cc1COc1ccc(Br)cc1Cl. The molecule has 0 bridgehead atoms. The van der Waals surface area contributed by atoms with Gasteiger partial charge in [0.2, 0.25) is 0 Å². The molecule has 146 valence electrons. The molecule has 0 atom stereocenters. The number of rotatable bonds is 8. The van der Waals surface area contributed by atoms with E-state index in [0.717, 1.165) is 61.5 Å². The summed E-state index contributed by atoms with van der Waals surface area (Å²) in [6.45, 7) is 5.30. The third-order valence-electron chi connectivity index (χ3n) is 4.67. The van der Waals surface area contributed by atoms with Crippen molar-refractivity contribution in [2.75, 3.05) is 40.0 Å². The lowest BCUT2D eigenvalue weighted by Gasteiger charge is -2.26. The van der Waals surface area contributed by atoms with Gasteiger partial charge in [0.1, 0.15) is 18.1 Å². The minimum atomic E-state index is 0.418. The Morgan fingerprint density at radius 3 is 2.63 bits per heavy atom. The fourth-order valence-electron chi connectivity index (χ4n) is 3.18. The normalized spacial score (nSPS) is 14.9. The van der Waals surface area contributed by atoms with Crippen LogP contribution in [0.15, 0.2) is 40.9 Å². The van der Waals surface area contributed by atoms with Gasteiger partial charge in [-0.2, -0.15) is 0 Å². The van der Waals surface area contributed by atoms with E-state index in [1.165, 1.54) is 5.56 Å². The number of hydrogen-bond acceptors (Lipinski definition) is 4. The number of nitrogens with zero attached hydrogens (tertiary/aromatic N) is 1. The van der Waals surface area contributed by atoms with Crippen molar-refractivity contribution in [1.29, 1.82) is 0 Å². The van der Waals surface area contributed by atoms with Gasteiger partial charge < -0.3 is 14.2 Å². The highest BCUT2D eigenvalue weighted by molar-refractivity contribution is 9.10. The van der Waals surface area contributed by atoms with Crippen molar-refractivity contribution in [3.05, 3.63) is 57.0 Å². The summed E-state index contributed by atoms with van der Waals surface area (Å²) in [6, 6.07) is 11.9. The minimum absolute atomic E-state index is 0.418. The van der Waals surface area contributed by atoms with Crippen molar-refractivity contribution in [3.63, 3.8) is 0 Å². The molecule has 1 heterocycles. The molecule has 1 aliphatic heterocycles. The monoisotopic (exact) mass is 453 g/mol. The Morgan fingerprint density at radius 1 is 1.11 bits per heavy atom. The summed E-state index contributed by atoms with van der Waals surface area (Å²) in [7, 11) is 1.68. The second kappa shape index (κ2) is 10.3. The lowest BCUT2D eigenvalue weighted by molar-refractivity contribution is 0.0374. The quantitative estimate of drug-likeness (QED) is 0.564. The van der Waals surface area contributed by atoms with E-state index in [2.05, 4.69) is 33.0 Å². The number of benzene rings is 2. The molecular formula is C21H25BrClNO3. The van der Waals surface area contributed by atoms with Crippen LogP contribution in [-0.2, 0) is 17.8 Å². The highest BCUT2D eigenvalue weighted by Crippen LogP contribution is 2.30. The molecule has 0 aliphatic carbocycles. The lowest BCUT2D eigenvalue weighted by atomic mass is 10.1. The Kier molecular flexibility index (Phi) is 7.82. The molecule has 6 heteroatoms. The summed E-state index contributed by atoms with van der Waals surface area (Å²) < 4.78 is 17.7. The maximum Gasteiger partial charge on any atom is 0.138 e. The molecule has 0 amide bonds. The summed E-state index contributed by atoms with van der Waals surface area (Å²) in [5.74, 6) is 1.50. The van der Waals surface area contributed by atoms with Crippen LogP contribution in [-0.4, -0.2) is 44.9 Å². The van der Waals surface area contributed by atoms with E-state index in [1.54, 1.807) is 7.11 Å². The molecule has 0 saturated carbocycles. The highest BCUT2D eigenvalue weighted by atomic mass is 79.9. The molecular weight excluding hydrogens is 430 g/mol. The van der Waals surface area contributed by atoms with Crippen molar-refractivity contribution in [3.8, 4) is 11.5 Å². The number of methoxy groups -OCH3 is 1. The molecule has 0 unspecified atom stereocenters. The lowest BCUT2D eigenvalue weighted by Crippen LogP contribution is -2.36. The Morgan fingerprint density at radius 2 is 1.89 bits per heavy atom. The molecule has 0 radical (unpaired) electrons. The van der Waals surface area contributed by atoms with Crippen molar-refractivity contribution >= 4 is 27.5 Å². The molecule has 27 heavy (non-hydrogen) atoms. The molecule has 1 aliphatic rings. The third kappa shape index (κ3) is 6.11. The third-order valence-corrected chi connectivity index (χ3v) is 5.45. The van der Waals surface area contributed by atoms with Crippen LogP contribution in [0.5, 0.6) is 11.5 Å². The van der Waals surface area contributed by atoms with Crippen molar-refractivity contribution in [1.82, 2.24) is 4.90 Å². The summed E-state index contributed by atoms with van der Waals surface area (Å²) in [5.41, 5.74) is 2.32. The van der Waals surface area contributed by atoms with Crippen LogP contribution in [0.4, 0.5) is 0 Å². The van der Waals surface area contributed by atoms with Crippen molar-refractivity contribution < 1.29 is 14.2 Å². The first-order valence-corrected chi connectivity index (χ1v) is 10.4. The maximum atomic E-state index is 6.24. The summed E-state index contributed by atoms with van der Waals surface area (Å²) in [4.78, 5) is 2.46. The van der Waals surface area contributed by atoms with Crippen LogP contribution in [0.1, 0.15) is 17.5 Å². The second-order valence-corrected chi connectivity index (χ2v) is 7.89. The first-order valence-electron chi connectivity index (χ1n) is 9.19. The summed E-state index contributed by atoms with van der Waals surface area (Å²) in [5, 5.41) is 0.588. The fraction of sp³-hybridized carbons (Fsp3) is 0.429. The number of halogens is 2. The van der Waals surface area contributed by atoms with Crippen LogP contribution in [0.25, 0.3) is 0 Å². The van der Waals surface area contributed by atoms with Gasteiger partial charge in [-0.05, 0) is 55.3 Å². The van der Waals surface area contributed by atoms with E-state index < -0.39 is 0 Å². The zero-order valence-corrected chi connectivity index (χ0v) is 17.9. The average molecular weight is 455 g/mol. The van der Waals surface area contributed by atoms with E-state index in [4.69, 9.17) is 25.8 Å². The standard InChI is InChI=1S/C21H25BrClNO3/c1-25-20-6-4-16(3-2-8-24-9-11-26-12-10-24)13-17(20)15-27-21-7-5-18(22)14-19(21)23/h4-7,13-14H,2-3,8-12,15H2,1H3. The molecule has 0 N–H and O–H groups in total. The predicted octanol–water partition coefficient (Wildman–Crippen LogP) is 4.95. The largest absolute Gasteiger partial charge is 0.496 e. The zero-order valence-electron chi connectivity index (χ0n) is 15.5. The average Bonchev–Trinajstić information content (AvgIpc) is 2.68. The Balaban J connectivity index is 1.59. The number of ether oxygens (including phenoxy) is 3. The number of aryl methyl sites for hydroxylation is 1. The van der Waals surface area contributed by atoms with E-state index in [1.807, 2.05) is 24.3 Å². The topological polar surface area (TPSA) is 30.9 Å². The van der Waals surface area contributed by atoms with Crippen molar-refractivity contribution in [2.45, 2.75) is 19.4 Å². The van der Waals surface area contributed by atoms with E-state index in [-0.39, 0.29) is 0 Å². The van der Waals surface area contributed by atoms with Gasteiger partial charge in [-0.25, -0.2) is 0 Å². The van der Waals surface area contributed by atoms with Gasteiger partial charge in [0.05, 0.1) is 25.3 Å². The van der Waals surface area contributed by atoms with Crippen LogP contribution in [0.2, 0.25) is 5.02 Å². The van der Waals surface area contributed by atoms with Crippen LogP contribution < -0.4 is 9.47 Å². The molecule has 2 aromatic carbocycles. The van der Waals surface area contributed by atoms with E-state index >= 15 is 0 Å². The highest BCUT2D eigenvalue weighted by Gasteiger charge is 2.11. The van der Waals surface area contributed by atoms with Gasteiger partial charge in [0, 0.05) is 23.1 Å². The molecule has 1 fully saturated rings.